The maximum absolute atomic E-state index is 13.5. The first-order valence-electron chi connectivity index (χ1n) is 4.97. The van der Waals surface area contributed by atoms with Crippen LogP contribution in [-0.2, 0) is 4.79 Å². The molecule has 1 N–H and O–H groups in total. The van der Waals surface area contributed by atoms with Gasteiger partial charge in [-0.2, -0.15) is 0 Å². The van der Waals surface area contributed by atoms with Gasteiger partial charge in [0.05, 0.1) is 0 Å². The second-order valence-electron chi connectivity index (χ2n) is 3.20. The summed E-state index contributed by atoms with van der Waals surface area (Å²) in [6.07, 6.45) is 1.88. The van der Waals surface area contributed by atoms with Gasteiger partial charge in [-0.05, 0) is 30.7 Å². The number of carboxylic acid groups (broad SMARTS) is 1. The molecule has 0 heterocycles. The van der Waals surface area contributed by atoms with Crippen molar-refractivity contribution >= 4 is 12.0 Å². The van der Waals surface area contributed by atoms with E-state index < -0.39 is 23.4 Å². The molecule has 5 heteroatoms. The number of halogens is 2. The van der Waals surface area contributed by atoms with Crippen LogP contribution in [-0.4, -0.2) is 17.7 Å². The van der Waals surface area contributed by atoms with Crippen molar-refractivity contribution in [2.24, 2.45) is 0 Å². The highest BCUT2D eigenvalue weighted by Crippen LogP contribution is 2.23. The molecule has 0 amide bonds. The number of carboxylic acids is 1. The van der Waals surface area contributed by atoms with Gasteiger partial charge in [-0.25, -0.2) is 13.6 Å². The Morgan fingerprint density at radius 3 is 2.56 bits per heavy atom. The lowest BCUT2D eigenvalue weighted by Crippen LogP contribution is -2.00. The Morgan fingerprint density at radius 2 is 2.06 bits per heavy atom. The fourth-order valence-corrected chi connectivity index (χ4v) is 1.16. The first kappa shape index (κ1) is 13.7. The molecule has 0 aliphatic rings. The van der Waals surface area contributed by atoms with Crippen molar-refractivity contribution in [3.8, 4) is 17.6 Å². The normalized spacial score (nSPS) is 9.94. The largest absolute Gasteiger partial charge is 0.478 e. The molecule has 1 rings (SSSR count). The highest BCUT2D eigenvalue weighted by molar-refractivity contribution is 5.85. The molecule has 1 aromatic rings. The fraction of sp³-hybridized carbons (Fsp3) is 0.154. The third kappa shape index (κ3) is 3.91. The minimum absolute atomic E-state index is 0.0984. The number of hydrogen-bond donors (Lipinski definition) is 1. The lowest BCUT2D eigenvalue weighted by Gasteiger charge is -2.06. The highest BCUT2D eigenvalue weighted by atomic mass is 19.1. The minimum Gasteiger partial charge on any atom is -0.478 e. The average molecular weight is 252 g/mol. The number of aliphatic carboxylic acids is 1. The van der Waals surface area contributed by atoms with E-state index in [1.807, 2.05) is 0 Å². The van der Waals surface area contributed by atoms with Crippen molar-refractivity contribution in [1.82, 2.24) is 0 Å². The predicted molar refractivity (Wildman–Crippen MR) is 62.0 cm³/mol. The van der Waals surface area contributed by atoms with Crippen LogP contribution in [0, 0.1) is 23.5 Å². The van der Waals surface area contributed by atoms with Gasteiger partial charge in [-0.3, -0.25) is 0 Å². The molecule has 0 saturated carbocycles. The van der Waals surface area contributed by atoms with E-state index in [0.717, 1.165) is 24.3 Å². The Kier molecular flexibility index (Phi) is 4.88. The molecule has 94 valence electrons. The zero-order valence-electron chi connectivity index (χ0n) is 9.54. The Bertz CT molecular complexity index is 516. The quantitative estimate of drug-likeness (QED) is 0.661. The van der Waals surface area contributed by atoms with Gasteiger partial charge in [0.15, 0.2) is 17.4 Å². The topological polar surface area (TPSA) is 46.5 Å². The fourth-order valence-electron chi connectivity index (χ4n) is 1.16. The second-order valence-corrected chi connectivity index (χ2v) is 3.20. The maximum Gasteiger partial charge on any atom is 0.328 e. The smallest absolute Gasteiger partial charge is 0.328 e. The molecular formula is C13H10F2O3. The van der Waals surface area contributed by atoms with E-state index in [-0.39, 0.29) is 12.2 Å². The van der Waals surface area contributed by atoms with Crippen LogP contribution in [0.15, 0.2) is 18.2 Å². The van der Waals surface area contributed by atoms with E-state index >= 15 is 0 Å². The van der Waals surface area contributed by atoms with Crippen LogP contribution in [0.4, 0.5) is 8.78 Å². The van der Waals surface area contributed by atoms with Crippen LogP contribution in [0.1, 0.15) is 12.5 Å². The SMILES string of the molecule is CC#CCOc1c(F)cc(C=CC(=O)O)cc1F. The molecule has 0 aromatic heterocycles. The van der Waals surface area contributed by atoms with Gasteiger partial charge in [0.25, 0.3) is 0 Å². The van der Waals surface area contributed by atoms with E-state index in [0.29, 0.717) is 0 Å². The molecule has 0 fully saturated rings. The second kappa shape index (κ2) is 6.40. The third-order valence-corrected chi connectivity index (χ3v) is 1.90. The summed E-state index contributed by atoms with van der Waals surface area (Å²) >= 11 is 0. The van der Waals surface area contributed by atoms with Crippen molar-refractivity contribution in [2.75, 3.05) is 6.61 Å². The monoisotopic (exact) mass is 252 g/mol. The van der Waals surface area contributed by atoms with Crippen molar-refractivity contribution in [1.29, 1.82) is 0 Å². The molecule has 0 unspecified atom stereocenters. The Hall–Kier alpha value is -2.35. The minimum atomic E-state index is -1.20. The first-order chi connectivity index (χ1) is 8.54. The van der Waals surface area contributed by atoms with Gasteiger partial charge in [0, 0.05) is 6.08 Å². The Labute approximate surface area is 103 Å². The van der Waals surface area contributed by atoms with Crippen LogP contribution in [0.25, 0.3) is 6.08 Å². The van der Waals surface area contributed by atoms with Gasteiger partial charge >= 0.3 is 5.97 Å². The van der Waals surface area contributed by atoms with Crippen LogP contribution in [0.2, 0.25) is 0 Å². The van der Waals surface area contributed by atoms with Crippen molar-refractivity contribution in [3.05, 3.63) is 35.4 Å². The highest BCUT2D eigenvalue weighted by Gasteiger charge is 2.11. The molecule has 0 spiro atoms. The molecular weight excluding hydrogens is 242 g/mol. The van der Waals surface area contributed by atoms with Gasteiger partial charge in [0.2, 0.25) is 0 Å². The van der Waals surface area contributed by atoms with E-state index in [1.165, 1.54) is 0 Å². The van der Waals surface area contributed by atoms with Crippen LogP contribution in [0.3, 0.4) is 0 Å². The molecule has 0 aliphatic carbocycles. The van der Waals surface area contributed by atoms with E-state index in [1.54, 1.807) is 6.92 Å². The summed E-state index contributed by atoms with van der Waals surface area (Å²) in [7, 11) is 0. The van der Waals surface area contributed by atoms with Gasteiger partial charge in [-0.15, -0.1) is 5.92 Å². The van der Waals surface area contributed by atoms with Crippen molar-refractivity contribution in [2.45, 2.75) is 6.92 Å². The summed E-state index contributed by atoms with van der Waals surface area (Å²) in [6, 6.07) is 1.97. The van der Waals surface area contributed by atoms with E-state index in [2.05, 4.69) is 11.8 Å². The van der Waals surface area contributed by atoms with Gasteiger partial charge in [0.1, 0.15) is 6.61 Å². The number of ether oxygens (including phenoxy) is 1. The lowest BCUT2D eigenvalue weighted by atomic mass is 10.2. The first-order valence-corrected chi connectivity index (χ1v) is 4.97. The summed E-state index contributed by atoms with van der Waals surface area (Å²) in [5.41, 5.74) is 0.0984. The predicted octanol–water partition coefficient (Wildman–Crippen LogP) is 2.46. The molecule has 1 aromatic carbocycles. The third-order valence-electron chi connectivity index (χ3n) is 1.90. The van der Waals surface area contributed by atoms with E-state index in [4.69, 9.17) is 9.84 Å². The number of carbonyl (C=O) groups is 1. The number of benzene rings is 1. The molecule has 0 aliphatic heterocycles. The average Bonchev–Trinajstić information content (AvgIpc) is 2.30. The summed E-state index contributed by atoms with van der Waals surface area (Å²) in [4.78, 5) is 10.3. The molecule has 0 radical (unpaired) electrons. The standard InChI is InChI=1S/C13H10F2O3/c1-2-3-6-18-13-10(14)7-9(8-11(13)15)4-5-12(16)17/h4-5,7-8H,6H2,1H3,(H,16,17). The summed E-state index contributed by atoms with van der Waals surface area (Å²) < 4.78 is 31.8. The molecule has 0 saturated heterocycles. The lowest BCUT2D eigenvalue weighted by molar-refractivity contribution is -0.131. The number of rotatable bonds is 4. The van der Waals surface area contributed by atoms with E-state index in [9.17, 15) is 13.6 Å². The van der Waals surface area contributed by atoms with Gasteiger partial charge in [-0.1, -0.05) is 5.92 Å². The molecule has 3 nitrogen and oxygen atoms in total. The zero-order chi connectivity index (χ0) is 13.5. The van der Waals surface area contributed by atoms with Crippen LogP contribution in [0.5, 0.6) is 5.75 Å². The summed E-state index contributed by atoms with van der Waals surface area (Å²) in [5.74, 6) is 1.50. The number of hydrogen-bond acceptors (Lipinski definition) is 2. The van der Waals surface area contributed by atoms with Crippen molar-refractivity contribution < 1.29 is 23.4 Å². The maximum atomic E-state index is 13.5. The van der Waals surface area contributed by atoms with Crippen LogP contribution >= 0.6 is 0 Å². The summed E-state index contributed by atoms with van der Waals surface area (Å²) in [5, 5.41) is 8.40. The molecule has 0 bridgehead atoms. The zero-order valence-corrected chi connectivity index (χ0v) is 9.54. The molecule has 18 heavy (non-hydrogen) atoms. The summed E-state index contributed by atoms with van der Waals surface area (Å²) in [6.45, 7) is 1.46. The van der Waals surface area contributed by atoms with Crippen LogP contribution < -0.4 is 4.74 Å². The van der Waals surface area contributed by atoms with Gasteiger partial charge < -0.3 is 9.84 Å². The van der Waals surface area contributed by atoms with Crippen molar-refractivity contribution in [3.63, 3.8) is 0 Å². The Morgan fingerprint density at radius 1 is 1.44 bits per heavy atom. The molecule has 0 atom stereocenters. The Balaban J connectivity index is 2.95.